The van der Waals surface area contributed by atoms with Crippen LogP contribution in [0.25, 0.3) is 0 Å². The number of aromatic nitrogens is 1. The number of hydrogen-bond acceptors (Lipinski definition) is 6. The van der Waals surface area contributed by atoms with Gasteiger partial charge >= 0.3 is 0 Å². The van der Waals surface area contributed by atoms with Crippen molar-refractivity contribution >= 4 is 0 Å². The maximum absolute atomic E-state index is 9.72. The van der Waals surface area contributed by atoms with E-state index in [0.717, 1.165) is 69.1 Å². The van der Waals surface area contributed by atoms with E-state index in [-0.39, 0.29) is 6.10 Å². The van der Waals surface area contributed by atoms with Crippen LogP contribution in [0.3, 0.4) is 0 Å². The van der Waals surface area contributed by atoms with Crippen LogP contribution in [-0.4, -0.2) is 47.5 Å². The number of aryl methyl sites for hydroxylation is 1. The summed E-state index contributed by atoms with van der Waals surface area (Å²) in [6, 6.07) is 8.64. The average molecular weight is 357 g/mol. The first kappa shape index (κ1) is 17.5. The third-order valence-corrected chi connectivity index (χ3v) is 5.50. The topological polar surface area (TPSA) is 70.8 Å². The van der Waals surface area contributed by atoms with Crippen LogP contribution < -0.4 is 10.1 Å². The summed E-state index contributed by atoms with van der Waals surface area (Å²) in [5, 5.41) is 17.7. The minimum atomic E-state index is -0.198. The molecule has 2 heterocycles. The van der Waals surface area contributed by atoms with E-state index in [1.54, 1.807) is 7.11 Å². The van der Waals surface area contributed by atoms with Gasteiger partial charge in [-0.1, -0.05) is 17.3 Å². The number of aliphatic hydroxyl groups is 1. The van der Waals surface area contributed by atoms with Gasteiger partial charge in [-0.25, -0.2) is 0 Å². The van der Waals surface area contributed by atoms with Crippen molar-refractivity contribution in [3.63, 3.8) is 0 Å². The van der Waals surface area contributed by atoms with Gasteiger partial charge in [-0.3, -0.25) is 4.90 Å². The summed E-state index contributed by atoms with van der Waals surface area (Å²) in [5.41, 5.74) is 3.57. The Morgan fingerprint density at radius 1 is 1.31 bits per heavy atom. The molecule has 1 saturated heterocycles. The fourth-order valence-corrected chi connectivity index (χ4v) is 3.94. The first-order valence-electron chi connectivity index (χ1n) is 9.44. The van der Waals surface area contributed by atoms with Crippen molar-refractivity contribution < 1.29 is 14.4 Å². The summed E-state index contributed by atoms with van der Waals surface area (Å²) < 4.78 is 10.8. The molecule has 1 aromatic carbocycles. The summed E-state index contributed by atoms with van der Waals surface area (Å²) in [6.07, 6.45) is 3.62. The number of β-amino-alcohol motifs (C(OH)–C–C–N with tert-alkyl or cyclic N) is 1. The van der Waals surface area contributed by atoms with E-state index in [1.807, 2.05) is 12.1 Å². The van der Waals surface area contributed by atoms with Gasteiger partial charge in [-0.15, -0.1) is 0 Å². The molecule has 0 amide bonds. The summed E-state index contributed by atoms with van der Waals surface area (Å²) >= 11 is 0. The van der Waals surface area contributed by atoms with Gasteiger partial charge in [0.1, 0.15) is 17.2 Å². The number of ether oxygens (including phenoxy) is 1. The van der Waals surface area contributed by atoms with Gasteiger partial charge in [0.25, 0.3) is 0 Å². The molecule has 0 bridgehead atoms. The number of rotatable bonds is 6. The van der Waals surface area contributed by atoms with Crippen LogP contribution in [-0.2, 0) is 25.9 Å². The van der Waals surface area contributed by atoms with Crippen molar-refractivity contribution in [2.75, 3.05) is 20.2 Å². The molecule has 1 aliphatic heterocycles. The van der Waals surface area contributed by atoms with Crippen molar-refractivity contribution in [3.05, 3.63) is 46.8 Å². The van der Waals surface area contributed by atoms with E-state index < -0.39 is 0 Å². The molecular formula is C20H27N3O3. The van der Waals surface area contributed by atoms with Crippen LogP contribution in [0.2, 0.25) is 0 Å². The fourth-order valence-electron chi connectivity index (χ4n) is 3.94. The highest BCUT2D eigenvalue weighted by atomic mass is 16.5. The van der Waals surface area contributed by atoms with Gasteiger partial charge in [0, 0.05) is 44.2 Å². The second-order valence-electron chi connectivity index (χ2n) is 7.38. The Hall–Kier alpha value is -1.89. The van der Waals surface area contributed by atoms with E-state index >= 15 is 0 Å². The van der Waals surface area contributed by atoms with Crippen LogP contribution in [0.4, 0.5) is 0 Å². The Balaban J connectivity index is 1.35. The monoisotopic (exact) mass is 357 g/mol. The number of nitrogens with one attached hydrogen (secondary N) is 1. The minimum absolute atomic E-state index is 0.198. The molecule has 1 aliphatic carbocycles. The van der Waals surface area contributed by atoms with E-state index in [2.05, 4.69) is 27.5 Å². The average Bonchev–Trinajstić information content (AvgIpc) is 3.26. The smallest absolute Gasteiger partial charge is 0.140 e. The molecule has 0 saturated carbocycles. The molecule has 1 unspecified atom stereocenters. The van der Waals surface area contributed by atoms with Gasteiger partial charge in [0.15, 0.2) is 0 Å². The third kappa shape index (κ3) is 3.92. The highest BCUT2D eigenvalue weighted by Crippen LogP contribution is 2.26. The van der Waals surface area contributed by atoms with Crippen LogP contribution in [0.5, 0.6) is 5.75 Å². The maximum atomic E-state index is 9.72. The Bertz CT molecular complexity index is 728. The summed E-state index contributed by atoms with van der Waals surface area (Å²) in [6.45, 7) is 3.30. The standard InChI is InChI=1S/C20H27N3O3/c1-25-17-5-2-14(3-6-17)11-21-15-4-7-20-18(10-15)19(22-26-20)13-23-9-8-16(24)12-23/h2-3,5-6,15-16,21,24H,4,7-13H2,1H3/t15?,16-/m1/s1. The van der Waals surface area contributed by atoms with Gasteiger partial charge < -0.3 is 19.7 Å². The van der Waals surface area contributed by atoms with E-state index in [4.69, 9.17) is 9.26 Å². The van der Waals surface area contributed by atoms with Gasteiger partial charge in [-0.2, -0.15) is 0 Å². The molecule has 0 radical (unpaired) electrons. The Morgan fingerprint density at radius 3 is 2.88 bits per heavy atom. The van der Waals surface area contributed by atoms with Crippen molar-refractivity contribution in [1.82, 2.24) is 15.4 Å². The van der Waals surface area contributed by atoms with Crippen molar-refractivity contribution in [2.45, 2.75) is 50.9 Å². The van der Waals surface area contributed by atoms with Crippen LogP contribution >= 0.6 is 0 Å². The molecule has 0 spiro atoms. The SMILES string of the molecule is COc1ccc(CNC2CCc3onc(CN4CC[C@@H](O)C4)c3C2)cc1. The summed E-state index contributed by atoms with van der Waals surface area (Å²) in [7, 11) is 1.69. The zero-order chi connectivity index (χ0) is 17.9. The molecule has 140 valence electrons. The molecule has 26 heavy (non-hydrogen) atoms. The molecule has 2 aliphatic rings. The van der Waals surface area contributed by atoms with E-state index in [9.17, 15) is 5.11 Å². The molecule has 1 fully saturated rings. The molecule has 4 rings (SSSR count). The lowest BCUT2D eigenvalue weighted by molar-refractivity contribution is 0.173. The fraction of sp³-hybridized carbons (Fsp3) is 0.550. The Labute approximate surface area is 154 Å². The molecule has 2 atom stereocenters. The molecular weight excluding hydrogens is 330 g/mol. The largest absolute Gasteiger partial charge is 0.497 e. The van der Waals surface area contributed by atoms with E-state index in [1.165, 1.54) is 11.1 Å². The number of methoxy groups -OCH3 is 1. The molecule has 1 aromatic heterocycles. The molecule has 6 heteroatoms. The van der Waals surface area contributed by atoms with Gasteiger partial charge in [0.2, 0.25) is 0 Å². The zero-order valence-electron chi connectivity index (χ0n) is 15.3. The highest BCUT2D eigenvalue weighted by Gasteiger charge is 2.28. The lowest BCUT2D eigenvalue weighted by Crippen LogP contribution is -2.34. The Kier molecular flexibility index (Phi) is 5.24. The number of benzene rings is 1. The normalized spacial score (nSPS) is 23.2. The number of likely N-dealkylation sites (tertiary alicyclic amines) is 1. The minimum Gasteiger partial charge on any atom is -0.497 e. The third-order valence-electron chi connectivity index (χ3n) is 5.50. The molecule has 6 nitrogen and oxygen atoms in total. The Morgan fingerprint density at radius 2 is 2.15 bits per heavy atom. The predicted molar refractivity (Wildman–Crippen MR) is 98.1 cm³/mol. The van der Waals surface area contributed by atoms with Crippen molar-refractivity contribution in [3.8, 4) is 5.75 Å². The second kappa shape index (κ2) is 7.78. The number of aliphatic hydroxyl groups excluding tert-OH is 1. The van der Waals surface area contributed by atoms with Crippen molar-refractivity contribution in [2.24, 2.45) is 0 Å². The van der Waals surface area contributed by atoms with Gasteiger partial charge in [0.05, 0.1) is 13.2 Å². The summed E-state index contributed by atoms with van der Waals surface area (Å²) in [5.74, 6) is 1.93. The molecule has 2 N–H and O–H groups in total. The number of fused-ring (bicyclic) bond motifs is 1. The van der Waals surface area contributed by atoms with Crippen LogP contribution in [0.1, 0.15) is 35.4 Å². The molecule has 2 aromatic rings. The first-order chi connectivity index (χ1) is 12.7. The second-order valence-corrected chi connectivity index (χ2v) is 7.38. The number of nitrogens with zero attached hydrogens (tertiary/aromatic N) is 2. The number of hydrogen-bond donors (Lipinski definition) is 2. The van der Waals surface area contributed by atoms with Crippen LogP contribution in [0, 0.1) is 0 Å². The van der Waals surface area contributed by atoms with E-state index in [0.29, 0.717) is 6.04 Å². The zero-order valence-corrected chi connectivity index (χ0v) is 15.3. The maximum Gasteiger partial charge on any atom is 0.140 e. The lowest BCUT2D eigenvalue weighted by atomic mass is 9.91. The summed E-state index contributed by atoms with van der Waals surface area (Å²) in [4.78, 5) is 2.26. The lowest BCUT2D eigenvalue weighted by Gasteiger charge is -2.23. The van der Waals surface area contributed by atoms with Crippen LogP contribution in [0.15, 0.2) is 28.8 Å². The van der Waals surface area contributed by atoms with Crippen molar-refractivity contribution in [1.29, 1.82) is 0 Å². The van der Waals surface area contributed by atoms with Gasteiger partial charge in [-0.05, 0) is 37.0 Å². The highest BCUT2D eigenvalue weighted by molar-refractivity contribution is 5.28. The predicted octanol–water partition coefficient (Wildman–Crippen LogP) is 1.90. The first-order valence-corrected chi connectivity index (χ1v) is 9.44. The quantitative estimate of drug-likeness (QED) is 0.823.